The largest absolute Gasteiger partial charge is 0.309 e. The Labute approximate surface area is 154 Å². The normalized spacial score (nSPS) is 11.6. The van der Waals surface area contributed by atoms with Gasteiger partial charge in [0.25, 0.3) is 11.6 Å². The van der Waals surface area contributed by atoms with Gasteiger partial charge in [0.1, 0.15) is 0 Å². The van der Waals surface area contributed by atoms with Crippen molar-refractivity contribution in [1.82, 2.24) is 5.32 Å². The summed E-state index contributed by atoms with van der Waals surface area (Å²) in [5.41, 5.74) is 1.67. The van der Waals surface area contributed by atoms with Crippen LogP contribution in [0.3, 0.4) is 0 Å². The molecule has 0 saturated heterocycles. The van der Waals surface area contributed by atoms with E-state index in [2.05, 4.69) is 21.2 Å². The van der Waals surface area contributed by atoms with Crippen LogP contribution in [0.4, 0.5) is 5.69 Å². The fraction of sp³-hybridized carbons (Fsp3) is 0.0500. The number of rotatable bonds is 5. The summed E-state index contributed by atoms with van der Waals surface area (Å²) in [4.78, 5) is 25.5. The molecule has 0 heterocycles. The fourth-order valence-corrected chi connectivity index (χ4v) is 2.89. The zero-order valence-electron chi connectivity index (χ0n) is 13.3. The van der Waals surface area contributed by atoms with E-state index in [9.17, 15) is 9.70 Å². The van der Waals surface area contributed by atoms with Crippen molar-refractivity contribution in [3.05, 3.63) is 105 Å². The summed E-state index contributed by atoms with van der Waals surface area (Å²) in [6.07, 6.45) is -0.840. The first-order chi connectivity index (χ1) is 12.1. The van der Waals surface area contributed by atoms with Crippen molar-refractivity contribution in [2.24, 2.45) is 0 Å². The Morgan fingerprint density at radius 3 is 2.16 bits per heavy atom. The van der Waals surface area contributed by atoms with Gasteiger partial charge in [0.2, 0.25) is 0 Å². The minimum absolute atomic E-state index is 0.303. The maximum atomic E-state index is 12.9. The Balaban J connectivity index is 1.95. The fourth-order valence-electron chi connectivity index (χ4n) is 2.48. The predicted octanol–water partition coefficient (Wildman–Crippen LogP) is 4.99. The Hall–Kier alpha value is -2.79. The van der Waals surface area contributed by atoms with Gasteiger partial charge in [-0.05, 0) is 24.3 Å². The van der Waals surface area contributed by atoms with Gasteiger partial charge in [0.05, 0.1) is 4.76 Å². The molecule has 25 heavy (non-hydrogen) atoms. The van der Waals surface area contributed by atoms with Crippen molar-refractivity contribution in [3.8, 4) is 0 Å². The second-order valence-corrected chi connectivity index (χ2v) is 6.37. The van der Waals surface area contributed by atoms with Gasteiger partial charge in [0, 0.05) is 32.6 Å². The van der Waals surface area contributed by atoms with E-state index in [0.717, 1.165) is 9.23 Å². The number of hydrogen-bond donors (Lipinski definition) is 1. The summed E-state index contributed by atoms with van der Waals surface area (Å²) in [5.74, 6) is -0.303. The molecule has 124 valence electrons. The molecule has 1 amide bonds. The first-order valence-electron chi connectivity index (χ1n) is 7.78. The van der Waals surface area contributed by atoms with Crippen LogP contribution in [0.15, 0.2) is 89.4 Å². The van der Waals surface area contributed by atoms with Crippen LogP contribution in [-0.4, -0.2) is 10.7 Å². The van der Waals surface area contributed by atoms with E-state index in [-0.39, 0.29) is 5.91 Å². The first kappa shape index (κ1) is 17.0. The molecule has 0 spiro atoms. The number of nitroso groups, excluding NO2 is 1. The number of para-hydroxylation sites is 1. The van der Waals surface area contributed by atoms with Gasteiger partial charge in [0.15, 0.2) is 0 Å². The molecule has 0 aromatic heterocycles. The van der Waals surface area contributed by atoms with Crippen LogP contribution < -0.4 is 5.32 Å². The number of amides is 1. The quantitative estimate of drug-likeness (QED) is 0.488. The third kappa shape index (κ3) is 4.19. The van der Waals surface area contributed by atoms with Gasteiger partial charge in [-0.3, -0.25) is 10.1 Å². The molecule has 0 aliphatic rings. The lowest BCUT2D eigenvalue weighted by Gasteiger charge is -2.12. The molecule has 0 radical (unpaired) electrons. The van der Waals surface area contributed by atoms with E-state index >= 15 is 0 Å². The van der Waals surface area contributed by atoms with Gasteiger partial charge >= 0.3 is 6.17 Å². The number of hydrogen-bond acceptors (Lipinski definition) is 2. The zero-order chi connectivity index (χ0) is 17.6. The van der Waals surface area contributed by atoms with Crippen LogP contribution in [-0.2, 0) is 0 Å². The lowest BCUT2D eigenvalue weighted by atomic mass is 10.1. The Morgan fingerprint density at radius 2 is 1.52 bits per heavy atom. The van der Waals surface area contributed by atoms with Gasteiger partial charge < -0.3 is 0 Å². The lowest BCUT2D eigenvalue weighted by Crippen LogP contribution is -2.33. The molecule has 4 nitrogen and oxygen atoms in total. The molecule has 0 aliphatic carbocycles. The molecule has 1 N–H and O–H groups in total. The Morgan fingerprint density at radius 1 is 0.880 bits per heavy atom. The highest BCUT2D eigenvalue weighted by molar-refractivity contribution is 9.10. The second kappa shape index (κ2) is 7.85. The van der Waals surface area contributed by atoms with Gasteiger partial charge in [-0.2, -0.15) is 0 Å². The van der Waals surface area contributed by atoms with Crippen molar-refractivity contribution >= 4 is 27.5 Å². The summed E-state index contributed by atoms with van der Waals surface area (Å²) in [6, 6.07) is 25.0. The second-order valence-electron chi connectivity index (χ2n) is 5.46. The van der Waals surface area contributed by atoms with E-state index in [1.54, 1.807) is 48.5 Å². The monoisotopic (exact) mass is 395 g/mol. The third-order valence-corrected chi connectivity index (χ3v) is 4.21. The number of benzene rings is 3. The van der Waals surface area contributed by atoms with E-state index < -0.39 is 6.17 Å². The maximum Gasteiger partial charge on any atom is 0.309 e. The van der Waals surface area contributed by atoms with Crippen LogP contribution in [0, 0.1) is 4.91 Å². The summed E-state index contributed by atoms with van der Waals surface area (Å²) >= 11 is 3.41. The van der Waals surface area contributed by atoms with Crippen molar-refractivity contribution in [1.29, 1.82) is 0 Å². The van der Waals surface area contributed by atoms with Crippen molar-refractivity contribution in [2.75, 3.05) is 0 Å². The van der Waals surface area contributed by atoms with Crippen LogP contribution >= 0.6 is 15.9 Å². The van der Waals surface area contributed by atoms with Crippen molar-refractivity contribution in [2.45, 2.75) is 6.17 Å². The van der Waals surface area contributed by atoms with Crippen molar-refractivity contribution in [3.63, 3.8) is 0 Å². The minimum Gasteiger partial charge on any atom is -0.286 e. The first-order valence-corrected chi connectivity index (χ1v) is 8.57. The molecule has 0 aliphatic heterocycles. The van der Waals surface area contributed by atoms with Crippen LogP contribution in [0.25, 0.3) is 0 Å². The van der Waals surface area contributed by atoms with Gasteiger partial charge in [-0.25, -0.2) is 0 Å². The number of carbonyl (C=O) groups excluding carboxylic acids is 1. The molecule has 5 heteroatoms. The maximum absolute atomic E-state index is 12.9. The smallest absolute Gasteiger partial charge is 0.286 e. The minimum atomic E-state index is -0.840. The highest BCUT2D eigenvalue weighted by Crippen LogP contribution is 2.25. The van der Waals surface area contributed by atoms with Crippen LogP contribution in [0.5, 0.6) is 0 Å². The number of nitrogens with one attached hydrogen (secondary N) is 1. The molecule has 0 bridgehead atoms. The Bertz CT molecular complexity index is 882. The molecule has 3 aromatic rings. The Kier molecular flexibility index (Phi) is 5.36. The SMILES string of the molecule is O=C(NC(c1cccc(Br)c1)[N+](=O)c1ccccc1)c1ccccc1. The molecule has 0 fully saturated rings. The summed E-state index contributed by atoms with van der Waals surface area (Å²) in [7, 11) is 0. The topological polar surface area (TPSA) is 49.2 Å². The van der Waals surface area contributed by atoms with E-state index in [1.165, 1.54) is 0 Å². The molecule has 0 saturated carbocycles. The third-order valence-electron chi connectivity index (χ3n) is 3.71. The number of carbonyl (C=O) groups is 1. The molecule has 3 aromatic carbocycles. The zero-order valence-corrected chi connectivity index (χ0v) is 14.9. The van der Waals surface area contributed by atoms with Crippen molar-refractivity contribution < 1.29 is 9.55 Å². The van der Waals surface area contributed by atoms with Crippen LogP contribution in [0.1, 0.15) is 22.1 Å². The molecule has 1 unspecified atom stereocenters. The molecule has 3 rings (SSSR count). The van der Waals surface area contributed by atoms with E-state index in [0.29, 0.717) is 16.8 Å². The summed E-state index contributed by atoms with van der Waals surface area (Å²) < 4.78 is 1.65. The highest BCUT2D eigenvalue weighted by Gasteiger charge is 2.31. The number of nitrogens with zero attached hydrogens (tertiary/aromatic N) is 1. The lowest BCUT2D eigenvalue weighted by molar-refractivity contribution is -0.517. The average molecular weight is 396 g/mol. The van der Waals surface area contributed by atoms with Gasteiger partial charge in [-0.1, -0.05) is 64.5 Å². The van der Waals surface area contributed by atoms with Crippen LogP contribution in [0.2, 0.25) is 0 Å². The predicted molar refractivity (Wildman–Crippen MR) is 101 cm³/mol. The molecule has 1 atom stereocenters. The van der Waals surface area contributed by atoms with E-state index in [1.807, 2.05) is 36.4 Å². The average Bonchev–Trinajstić information content (AvgIpc) is 2.67. The van der Waals surface area contributed by atoms with Gasteiger partial charge in [-0.15, -0.1) is 0 Å². The standard InChI is InChI=1S/C20H15BrN2O2/c21-17-11-7-10-16(14-17)19(23(25)18-12-5-2-6-13-18)22-20(24)15-8-3-1-4-9-15/h1-14,19H/p+1. The summed E-state index contributed by atoms with van der Waals surface area (Å²) in [5, 5.41) is 2.83. The van der Waals surface area contributed by atoms with E-state index in [4.69, 9.17) is 0 Å². The highest BCUT2D eigenvalue weighted by atomic mass is 79.9. The molecular weight excluding hydrogens is 380 g/mol. The molecular formula is C20H16BrN2O2+. The summed E-state index contributed by atoms with van der Waals surface area (Å²) in [6.45, 7) is 0. The number of halogens is 1.